The number of benzene rings is 1. The summed E-state index contributed by atoms with van der Waals surface area (Å²) in [6.07, 6.45) is 1.99. The Balaban J connectivity index is 1.77. The number of carboxylic acid groups (broad SMARTS) is 1. The van der Waals surface area contributed by atoms with Gasteiger partial charge in [0.1, 0.15) is 0 Å². The van der Waals surface area contributed by atoms with E-state index >= 15 is 0 Å². The molecule has 23 heavy (non-hydrogen) atoms. The van der Waals surface area contributed by atoms with Gasteiger partial charge in [-0.1, -0.05) is 12.2 Å². The minimum absolute atomic E-state index is 0.0886. The van der Waals surface area contributed by atoms with E-state index < -0.39 is 45.9 Å². The second-order valence-electron chi connectivity index (χ2n) is 5.38. The fraction of sp³-hybridized carbons (Fsp3) is 0.286. The van der Waals surface area contributed by atoms with E-state index in [2.05, 4.69) is 5.32 Å². The van der Waals surface area contributed by atoms with Crippen LogP contribution < -0.4 is 15.6 Å². The van der Waals surface area contributed by atoms with Gasteiger partial charge in [0.15, 0.2) is 0 Å². The molecule has 1 fully saturated rings. The minimum atomic E-state index is -3.82. The van der Waals surface area contributed by atoms with Gasteiger partial charge < -0.3 is 20.0 Å². The van der Waals surface area contributed by atoms with Gasteiger partial charge in [0.05, 0.1) is 23.0 Å². The Bertz CT molecular complexity index is 786. The van der Waals surface area contributed by atoms with Gasteiger partial charge in [-0.15, -0.1) is 0 Å². The second-order valence-corrected chi connectivity index (χ2v) is 6.94. The van der Waals surface area contributed by atoms with E-state index in [4.69, 9.17) is 9.88 Å². The van der Waals surface area contributed by atoms with Crippen LogP contribution in [-0.2, 0) is 24.3 Å². The van der Waals surface area contributed by atoms with Crippen LogP contribution >= 0.6 is 0 Å². The zero-order valence-corrected chi connectivity index (χ0v) is 12.5. The maximum atomic E-state index is 12.3. The summed E-state index contributed by atoms with van der Waals surface area (Å²) < 4.78 is 27.7. The largest absolute Gasteiger partial charge is 0.550 e. The number of primary sulfonamides is 1. The van der Waals surface area contributed by atoms with Crippen LogP contribution in [0.2, 0.25) is 0 Å². The fourth-order valence-electron chi connectivity index (χ4n) is 2.86. The summed E-state index contributed by atoms with van der Waals surface area (Å²) in [6, 6.07) is 5.24. The summed E-state index contributed by atoms with van der Waals surface area (Å²) >= 11 is 0. The van der Waals surface area contributed by atoms with E-state index in [0.717, 1.165) is 0 Å². The standard InChI is InChI=1S/C14H14N2O6S/c15-23(20,21)8-3-1-7(2-4-8)16-13(17)11-9-5-6-10(22-9)12(11)14(18)19/h1-6,9-12H,(H,16,17)(H,18,19)(H2,15,20,21)/p-1/t9-,10+,11-,12+/m1/s1. The number of carboxylic acids is 1. The highest BCUT2D eigenvalue weighted by atomic mass is 32.2. The molecular weight excluding hydrogens is 324 g/mol. The van der Waals surface area contributed by atoms with Gasteiger partial charge in [-0.05, 0) is 24.3 Å². The van der Waals surface area contributed by atoms with Crippen molar-refractivity contribution in [2.75, 3.05) is 5.32 Å². The molecule has 1 aromatic rings. The van der Waals surface area contributed by atoms with Crippen LogP contribution in [0, 0.1) is 11.8 Å². The number of anilines is 1. The van der Waals surface area contributed by atoms with E-state index in [1.54, 1.807) is 12.2 Å². The third kappa shape index (κ3) is 2.85. The molecular formula is C14H13N2O6S-. The van der Waals surface area contributed by atoms with Gasteiger partial charge in [0.2, 0.25) is 15.9 Å². The lowest BCUT2D eigenvalue weighted by molar-refractivity contribution is -0.313. The van der Waals surface area contributed by atoms with E-state index in [1.807, 2.05) is 0 Å². The predicted molar refractivity (Wildman–Crippen MR) is 76.2 cm³/mol. The second kappa shape index (κ2) is 5.44. The third-order valence-electron chi connectivity index (χ3n) is 3.92. The average Bonchev–Trinajstić information content (AvgIpc) is 3.07. The van der Waals surface area contributed by atoms with Crippen LogP contribution in [0.4, 0.5) is 5.69 Å². The Kier molecular flexibility index (Phi) is 3.71. The number of amides is 1. The van der Waals surface area contributed by atoms with Gasteiger partial charge in [-0.25, -0.2) is 13.6 Å². The van der Waals surface area contributed by atoms with Crippen molar-refractivity contribution in [2.24, 2.45) is 17.0 Å². The quantitative estimate of drug-likeness (QED) is 0.647. The number of hydrogen-bond donors (Lipinski definition) is 2. The summed E-state index contributed by atoms with van der Waals surface area (Å²) in [7, 11) is -3.82. The molecule has 2 aliphatic rings. The van der Waals surface area contributed by atoms with Crippen molar-refractivity contribution in [3.05, 3.63) is 36.4 Å². The molecule has 1 amide bonds. The molecule has 0 spiro atoms. The number of nitrogens with one attached hydrogen (secondary N) is 1. The zero-order valence-electron chi connectivity index (χ0n) is 11.7. The molecule has 0 radical (unpaired) electrons. The van der Waals surface area contributed by atoms with Crippen molar-refractivity contribution in [1.29, 1.82) is 0 Å². The van der Waals surface area contributed by atoms with Crippen molar-refractivity contribution >= 4 is 27.6 Å². The molecule has 0 unspecified atom stereocenters. The highest BCUT2D eigenvalue weighted by molar-refractivity contribution is 7.89. The summed E-state index contributed by atoms with van der Waals surface area (Å²) in [5.74, 6) is -3.81. The lowest BCUT2D eigenvalue weighted by Crippen LogP contribution is -2.45. The molecule has 1 aromatic carbocycles. The number of carbonyl (C=O) groups is 2. The molecule has 0 saturated carbocycles. The van der Waals surface area contributed by atoms with Crippen LogP contribution in [-0.4, -0.2) is 32.5 Å². The highest BCUT2D eigenvalue weighted by Crippen LogP contribution is 2.39. The molecule has 0 aromatic heterocycles. The normalized spacial score (nSPS) is 28.7. The summed E-state index contributed by atoms with van der Waals surface area (Å²) in [5.41, 5.74) is 0.325. The van der Waals surface area contributed by atoms with Crippen LogP contribution in [0.3, 0.4) is 0 Å². The molecule has 2 heterocycles. The number of fused-ring (bicyclic) bond motifs is 2. The maximum absolute atomic E-state index is 12.3. The van der Waals surface area contributed by atoms with Crippen molar-refractivity contribution < 1.29 is 27.9 Å². The van der Waals surface area contributed by atoms with Gasteiger partial charge in [-0.3, -0.25) is 4.79 Å². The minimum Gasteiger partial charge on any atom is -0.550 e. The molecule has 3 rings (SSSR count). The van der Waals surface area contributed by atoms with Crippen LogP contribution in [0.25, 0.3) is 0 Å². The average molecular weight is 337 g/mol. The van der Waals surface area contributed by atoms with E-state index in [1.165, 1.54) is 24.3 Å². The Morgan fingerprint density at radius 1 is 1.09 bits per heavy atom. The van der Waals surface area contributed by atoms with Gasteiger partial charge in [-0.2, -0.15) is 0 Å². The molecule has 4 atom stereocenters. The van der Waals surface area contributed by atoms with Gasteiger partial charge in [0, 0.05) is 17.6 Å². The van der Waals surface area contributed by atoms with Crippen LogP contribution in [0.15, 0.2) is 41.3 Å². The van der Waals surface area contributed by atoms with Gasteiger partial charge in [0.25, 0.3) is 0 Å². The zero-order chi connectivity index (χ0) is 16.8. The number of hydrogen-bond acceptors (Lipinski definition) is 6. The monoisotopic (exact) mass is 337 g/mol. The van der Waals surface area contributed by atoms with Crippen molar-refractivity contribution in [1.82, 2.24) is 0 Å². The number of ether oxygens (including phenoxy) is 1. The highest BCUT2D eigenvalue weighted by Gasteiger charge is 2.50. The molecule has 122 valence electrons. The fourth-order valence-corrected chi connectivity index (χ4v) is 3.37. The van der Waals surface area contributed by atoms with Crippen molar-refractivity contribution in [3.63, 3.8) is 0 Å². The Labute approximate surface area is 132 Å². The molecule has 8 nitrogen and oxygen atoms in total. The molecule has 2 bridgehead atoms. The number of sulfonamides is 1. The predicted octanol–water partition coefficient (Wildman–Crippen LogP) is -1.41. The topological polar surface area (TPSA) is 139 Å². The first kappa shape index (κ1) is 15.7. The SMILES string of the molecule is NS(=O)(=O)c1ccc(NC(=O)[C@H]2[C@@H](C(=O)[O-])[C@@H]3C=C[C@H]2O3)cc1. The smallest absolute Gasteiger partial charge is 0.238 e. The summed E-state index contributed by atoms with van der Waals surface area (Å²) in [6.45, 7) is 0. The Hall–Kier alpha value is -2.23. The molecule has 0 aliphatic carbocycles. The molecule has 1 saturated heterocycles. The van der Waals surface area contributed by atoms with E-state index in [-0.39, 0.29) is 4.90 Å². The number of aliphatic carboxylic acids is 1. The van der Waals surface area contributed by atoms with Crippen molar-refractivity contribution in [2.45, 2.75) is 17.1 Å². The lowest BCUT2D eigenvalue weighted by atomic mass is 9.82. The molecule has 3 N–H and O–H groups in total. The molecule has 9 heteroatoms. The van der Waals surface area contributed by atoms with E-state index in [9.17, 15) is 23.1 Å². The van der Waals surface area contributed by atoms with Gasteiger partial charge >= 0.3 is 0 Å². The summed E-state index contributed by atoms with van der Waals surface area (Å²) in [5, 5.41) is 18.8. The van der Waals surface area contributed by atoms with Crippen LogP contribution in [0.1, 0.15) is 0 Å². The summed E-state index contributed by atoms with van der Waals surface area (Å²) in [4.78, 5) is 23.5. The Morgan fingerprint density at radius 3 is 2.17 bits per heavy atom. The Morgan fingerprint density at radius 2 is 1.65 bits per heavy atom. The number of carbonyl (C=O) groups excluding carboxylic acids is 2. The third-order valence-corrected chi connectivity index (χ3v) is 4.85. The van der Waals surface area contributed by atoms with E-state index in [0.29, 0.717) is 5.69 Å². The molecule has 2 aliphatic heterocycles. The number of nitrogens with two attached hydrogens (primary N) is 1. The first-order chi connectivity index (χ1) is 10.8. The first-order valence-corrected chi connectivity index (χ1v) is 8.30. The maximum Gasteiger partial charge on any atom is 0.238 e. The lowest BCUT2D eigenvalue weighted by Gasteiger charge is -2.24. The number of rotatable bonds is 4. The van der Waals surface area contributed by atoms with Crippen molar-refractivity contribution in [3.8, 4) is 0 Å². The first-order valence-electron chi connectivity index (χ1n) is 6.76. The van der Waals surface area contributed by atoms with Crippen LogP contribution in [0.5, 0.6) is 0 Å².